The third kappa shape index (κ3) is 41.1. The maximum Gasteiger partial charge on any atom is 0.472 e. The molecule has 0 radical (unpaired) electrons. The van der Waals surface area contributed by atoms with Crippen molar-refractivity contribution in [2.24, 2.45) is 5.73 Å². The van der Waals surface area contributed by atoms with Crippen LogP contribution in [-0.4, -0.2) is 60.5 Å². The number of carbonyl (C=O) groups is 2. The van der Waals surface area contributed by atoms with Crippen LogP contribution < -0.4 is 5.73 Å². The zero-order chi connectivity index (χ0) is 41.9. The van der Waals surface area contributed by atoms with Crippen molar-refractivity contribution in [3.63, 3.8) is 0 Å². The third-order valence-electron chi connectivity index (χ3n) is 8.67. The summed E-state index contributed by atoms with van der Waals surface area (Å²) in [6.07, 6.45) is 52.3. The van der Waals surface area contributed by atoms with E-state index in [1.807, 2.05) is 12.2 Å². The predicted molar refractivity (Wildman–Crippen MR) is 235 cm³/mol. The quantitative estimate of drug-likeness (QED) is 0.0235. The molecule has 0 amide bonds. The van der Waals surface area contributed by atoms with Crippen molar-refractivity contribution in [2.75, 3.05) is 26.4 Å². The van der Waals surface area contributed by atoms with Crippen LogP contribution in [0.4, 0.5) is 0 Å². The molecule has 0 aromatic carbocycles. The van der Waals surface area contributed by atoms with Crippen LogP contribution in [0.25, 0.3) is 0 Å². The molecule has 3 unspecified atom stereocenters. The smallest absolute Gasteiger partial charge is 0.472 e. The van der Waals surface area contributed by atoms with Crippen LogP contribution in [0.5, 0.6) is 0 Å². The minimum Gasteiger partial charge on any atom is -0.480 e. The fourth-order valence-electron chi connectivity index (χ4n) is 5.33. The lowest BCUT2D eigenvalue weighted by molar-refractivity contribution is -0.154. The number of phosphoric ester groups is 1. The van der Waals surface area contributed by atoms with E-state index >= 15 is 0 Å². The standard InChI is InChI=1S/C46H78NO9P/c1-3-5-7-9-11-13-15-17-18-19-20-21-22-23-24-25-27-29-31-33-35-37-39-53-40-43(41-54-57(51,52)55-42-44(47)46(49)50)56-45(48)38-36-34-32-30-28-26-16-14-12-10-8-6-4-2/h6,8,12,14-15,17,19-20,22-23,26,28,32,34,43-44H,3-5,7,9-11,13,16,18,21,24-25,27,29-31,33,35-42,47H2,1-2H3,(H,49,50)(H,51,52)/b8-6-,14-12-,17-15-,20-19-,23-22-,28-26-,34-32-. The zero-order valence-corrected chi connectivity index (χ0v) is 36.3. The summed E-state index contributed by atoms with van der Waals surface area (Å²) >= 11 is 0. The van der Waals surface area contributed by atoms with Crippen LogP contribution in [0.15, 0.2) is 85.1 Å². The van der Waals surface area contributed by atoms with Crippen LogP contribution in [-0.2, 0) is 32.7 Å². The van der Waals surface area contributed by atoms with Gasteiger partial charge in [0.05, 0.1) is 19.8 Å². The molecule has 10 nitrogen and oxygen atoms in total. The van der Waals surface area contributed by atoms with E-state index in [0.717, 1.165) is 64.2 Å². The molecule has 0 aliphatic rings. The predicted octanol–water partition coefficient (Wildman–Crippen LogP) is 12.0. The molecule has 326 valence electrons. The SMILES string of the molecule is CC/C=C\C/C=C\C/C=C\C/C=C\CCC(=O)OC(COCCCCCCCCC/C=C\C/C=C\C/C=C\CCCCCCC)COP(=O)(O)OCC(N)C(=O)O. The maximum atomic E-state index is 12.6. The number of rotatable bonds is 40. The molecule has 0 aromatic heterocycles. The van der Waals surface area contributed by atoms with Crippen molar-refractivity contribution in [3.05, 3.63) is 85.1 Å². The van der Waals surface area contributed by atoms with E-state index in [4.69, 9.17) is 29.4 Å². The largest absolute Gasteiger partial charge is 0.480 e. The van der Waals surface area contributed by atoms with Gasteiger partial charge in [-0.3, -0.25) is 18.6 Å². The molecule has 0 rings (SSSR count). The molecule has 0 saturated carbocycles. The molecule has 0 aromatic rings. The summed E-state index contributed by atoms with van der Waals surface area (Å²) in [7, 11) is -4.64. The van der Waals surface area contributed by atoms with Gasteiger partial charge in [0, 0.05) is 13.0 Å². The fraction of sp³-hybridized carbons (Fsp3) is 0.652. The number of carboxylic acids is 1. The van der Waals surface area contributed by atoms with E-state index < -0.39 is 45.1 Å². The number of hydrogen-bond donors (Lipinski definition) is 3. The highest BCUT2D eigenvalue weighted by Gasteiger charge is 2.27. The summed E-state index contributed by atoms with van der Waals surface area (Å²) in [5.41, 5.74) is 5.34. The Kier molecular flexibility index (Phi) is 39.2. The van der Waals surface area contributed by atoms with Crippen LogP contribution in [0.2, 0.25) is 0 Å². The fourth-order valence-corrected chi connectivity index (χ4v) is 6.11. The van der Waals surface area contributed by atoms with Gasteiger partial charge in [-0.15, -0.1) is 0 Å². The molecule has 0 bridgehead atoms. The Bertz CT molecular complexity index is 1220. The summed E-state index contributed by atoms with van der Waals surface area (Å²) < 4.78 is 33.2. The summed E-state index contributed by atoms with van der Waals surface area (Å²) in [5, 5.41) is 8.89. The van der Waals surface area contributed by atoms with Gasteiger partial charge >= 0.3 is 19.8 Å². The number of esters is 1. The van der Waals surface area contributed by atoms with Crippen LogP contribution in [0.1, 0.15) is 155 Å². The van der Waals surface area contributed by atoms with Gasteiger partial charge in [0.2, 0.25) is 0 Å². The van der Waals surface area contributed by atoms with E-state index in [0.29, 0.717) is 13.0 Å². The van der Waals surface area contributed by atoms with Crippen molar-refractivity contribution in [3.8, 4) is 0 Å². The first-order valence-electron chi connectivity index (χ1n) is 21.6. The minimum absolute atomic E-state index is 0.0238. The molecule has 3 atom stereocenters. The Morgan fingerprint density at radius 2 is 1.02 bits per heavy atom. The number of allylic oxidation sites excluding steroid dienone is 14. The molecule has 0 aliphatic heterocycles. The highest BCUT2D eigenvalue weighted by atomic mass is 31.2. The lowest BCUT2D eigenvalue weighted by Gasteiger charge is -2.20. The van der Waals surface area contributed by atoms with Gasteiger partial charge < -0.3 is 25.2 Å². The first-order valence-corrected chi connectivity index (χ1v) is 23.1. The molecular formula is C46H78NO9P. The molecule has 11 heteroatoms. The van der Waals surface area contributed by atoms with E-state index in [1.165, 1.54) is 64.2 Å². The molecule has 4 N–H and O–H groups in total. The zero-order valence-electron chi connectivity index (χ0n) is 35.4. The van der Waals surface area contributed by atoms with Gasteiger partial charge in [-0.1, -0.05) is 157 Å². The van der Waals surface area contributed by atoms with E-state index in [1.54, 1.807) is 0 Å². The van der Waals surface area contributed by atoms with Crippen molar-refractivity contribution in [1.29, 1.82) is 0 Å². The second-order valence-electron chi connectivity index (χ2n) is 14.1. The topological polar surface area (TPSA) is 155 Å². The monoisotopic (exact) mass is 820 g/mol. The lowest BCUT2D eigenvalue weighted by atomic mass is 10.1. The summed E-state index contributed by atoms with van der Waals surface area (Å²) in [6.45, 7) is 3.61. The molecule has 0 spiro atoms. The molecule has 0 saturated heterocycles. The number of phosphoric acid groups is 1. The van der Waals surface area contributed by atoms with Crippen molar-refractivity contribution >= 4 is 19.8 Å². The summed E-state index contributed by atoms with van der Waals surface area (Å²) in [5.74, 6) is -1.88. The number of carbonyl (C=O) groups excluding carboxylic acids is 1. The first-order chi connectivity index (χ1) is 27.7. The summed E-state index contributed by atoms with van der Waals surface area (Å²) in [6, 6.07) is -1.49. The summed E-state index contributed by atoms with van der Waals surface area (Å²) in [4.78, 5) is 33.4. The van der Waals surface area contributed by atoms with Gasteiger partial charge in [-0.25, -0.2) is 4.57 Å². The number of aliphatic carboxylic acids is 1. The van der Waals surface area contributed by atoms with Crippen LogP contribution in [0, 0.1) is 0 Å². The van der Waals surface area contributed by atoms with Gasteiger partial charge in [0.15, 0.2) is 0 Å². The van der Waals surface area contributed by atoms with Crippen LogP contribution >= 0.6 is 7.82 Å². The van der Waals surface area contributed by atoms with E-state index in [2.05, 4.69) is 86.8 Å². The molecule has 57 heavy (non-hydrogen) atoms. The second kappa shape index (κ2) is 41.3. The van der Waals surface area contributed by atoms with E-state index in [9.17, 15) is 19.0 Å². The third-order valence-corrected chi connectivity index (χ3v) is 9.62. The number of ether oxygens (including phenoxy) is 2. The number of carboxylic acid groups (broad SMARTS) is 1. The number of nitrogens with two attached hydrogens (primary N) is 1. The van der Waals surface area contributed by atoms with Gasteiger partial charge in [-0.05, 0) is 77.0 Å². The number of hydrogen-bond acceptors (Lipinski definition) is 8. The Morgan fingerprint density at radius 1 is 0.579 bits per heavy atom. The second-order valence-corrected chi connectivity index (χ2v) is 15.5. The van der Waals surface area contributed by atoms with Crippen molar-refractivity contribution < 1.29 is 42.7 Å². The first kappa shape index (κ1) is 54.2. The van der Waals surface area contributed by atoms with Crippen molar-refractivity contribution in [1.82, 2.24) is 0 Å². The Balaban J connectivity index is 4.31. The highest BCUT2D eigenvalue weighted by Crippen LogP contribution is 2.43. The average Bonchev–Trinajstić information content (AvgIpc) is 3.19. The molecule has 0 fully saturated rings. The van der Waals surface area contributed by atoms with Gasteiger partial charge in [-0.2, -0.15) is 0 Å². The molecule has 0 aliphatic carbocycles. The normalized spacial score (nSPS) is 14.7. The Labute approximate surface area is 346 Å². The Hall–Kier alpha value is -2.85. The van der Waals surface area contributed by atoms with Gasteiger partial charge in [0.25, 0.3) is 0 Å². The van der Waals surface area contributed by atoms with Crippen molar-refractivity contribution in [2.45, 2.75) is 167 Å². The maximum absolute atomic E-state index is 12.6. The Morgan fingerprint density at radius 3 is 1.53 bits per heavy atom. The average molecular weight is 820 g/mol. The van der Waals surface area contributed by atoms with Crippen LogP contribution in [0.3, 0.4) is 0 Å². The highest BCUT2D eigenvalue weighted by molar-refractivity contribution is 7.47. The minimum atomic E-state index is -4.64. The molecule has 0 heterocycles. The lowest BCUT2D eigenvalue weighted by Crippen LogP contribution is -2.34. The number of unbranched alkanes of at least 4 members (excludes halogenated alkanes) is 12. The van der Waals surface area contributed by atoms with Gasteiger partial charge in [0.1, 0.15) is 12.1 Å². The van der Waals surface area contributed by atoms with E-state index in [-0.39, 0.29) is 13.0 Å². The molecular weight excluding hydrogens is 741 g/mol.